The van der Waals surface area contributed by atoms with Gasteiger partial charge in [0.2, 0.25) is 5.75 Å². The van der Waals surface area contributed by atoms with Gasteiger partial charge in [0, 0.05) is 16.5 Å². The number of benzene rings is 2. The van der Waals surface area contributed by atoms with E-state index in [4.69, 9.17) is 4.74 Å². The van der Waals surface area contributed by atoms with Gasteiger partial charge in [-0.15, -0.1) is 11.8 Å². The molecule has 0 radical (unpaired) electrons. The Morgan fingerprint density at radius 1 is 1.31 bits per heavy atom. The van der Waals surface area contributed by atoms with Crippen molar-refractivity contribution >= 4 is 40.8 Å². The Hall–Kier alpha value is -3.70. The maximum atomic E-state index is 13.6. The number of carbonyl (C=O) groups is 1. The van der Waals surface area contributed by atoms with Crippen LogP contribution in [0.1, 0.15) is 31.0 Å². The molecule has 0 saturated heterocycles. The fraction of sp³-hybridized carbons (Fsp3) is 0.208. The fourth-order valence-electron chi connectivity index (χ4n) is 3.85. The molecule has 0 fully saturated rings. The maximum Gasteiger partial charge on any atom is 0.338 e. The van der Waals surface area contributed by atoms with Gasteiger partial charge in [-0.05, 0) is 43.9 Å². The summed E-state index contributed by atoms with van der Waals surface area (Å²) in [5, 5.41) is 21.5. The molecule has 1 aliphatic rings. The predicted molar refractivity (Wildman–Crippen MR) is 133 cm³/mol. The molecule has 35 heavy (non-hydrogen) atoms. The molecule has 0 unspecified atom stereocenters. The van der Waals surface area contributed by atoms with Crippen LogP contribution in [0.3, 0.4) is 0 Å². The number of ether oxygens (including phenoxy) is 1. The number of thiazole rings is 1. The highest BCUT2D eigenvalue weighted by molar-refractivity contribution is 7.98. The van der Waals surface area contributed by atoms with Crippen molar-refractivity contribution in [3.63, 3.8) is 0 Å². The summed E-state index contributed by atoms with van der Waals surface area (Å²) in [6, 6.07) is 10.9. The topological polar surface area (TPSA) is 124 Å². The van der Waals surface area contributed by atoms with Crippen molar-refractivity contribution in [3.05, 3.63) is 94.7 Å². The lowest BCUT2D eigenvalue weighted by molar-refractivity contribution is -0.385. The first-order valence-electron chi connectivity index (χ1n) is 10.6. The number of rotatable bonds is 6. The van der Waals surface area contributed by atoms with Crippen molar-refractivity contribution < 1.29 is 19.6 Å². The average Bonchev–Trinajstić information content (AvgIpc) is 3.13. The number of esters is 1. The Balaban J connectivity index is 1.95. The zero-order valence-electron chi connectivity index (χ0n) is 19.0. The van der Waals surface area contributed by atoms with E-state index < -0.39 is 33.9 Å². The summed E-state index contributed by atoms with van der Waals surface area (Å²) >= 11 is 2.65. The van der Waals surface area contributed by atoms with Crippen LogP contribution in [0.4, 0.5) is 5.69 Å². The van der Waals surface area contributed by atoms with Gasteiger partial charge in [0.15, 0.2) is 4.80 Å². The molecule has 2 aromatic carbocycles. The summed E-state index contributed by atoms with van der Waals surface area (Å²) in [5.74, 6) is -1.09. The van der Waals surface area contributed by atoms with Crippen molar-refractivity contribution in [3.8, 4) is 5.75 Å². The number of nitro groups is 1. The van der Waals surface area contributed by atoms with Crippen LogP contribution < -0.4 is 14.9 Å². The Kier molecular flexibility index (Phi) is 6.90. The molecule has 1 N–H and O–H groups in total. The Bertz CT molecular complexity index is 1540. The molecule has 1 aromatic heterocycles. The van der Waals surface area contributed by atoms with Gasteiger partial charge >= 0.3 is 11.7 Å². The van der Waals surface area contributed by atoms with Crippen LogP contribution in [0.15, 0.2) is 68.4 Å². The van der Waals surface area contributed by atoms with E-state index >= 15 is 0 Å². The van der Waals surface area contributed by atoms with Gasteiger partial charge in [-0.25, -0.2) is 9.79 Å². The number of nitrogens with zero attached hydrogens (tertiary/aromatic N) is 3. The maximum absolute atomic E-state index is 13.6. The number of carbonyl (C=O) groups excluding carboxylic acids is 1. The molecule has 1 aliphatic heterocycles. The van der Waals surface area contributed by atoms with E-state index in [9.17, 15) is 24.8 Å². The minimum absolute atomic E-state index is 0.131. The molecule has 0 aliphatic carbocycles. The van der Waals surface area contributed by atoms with Gasteiger partial charge in [0.25, 0.3) is 5.56 Å². The zero-order chi connectivity index (χ0) is 25.3. The molecule has 0 amide bonds. The Morgan fingerprint density at radius 3 is 2.66 bits per heavy atom. The number of hydrogen-bond donors (Lipinski definition) is 1. The number of nitro benzene ring substituents is 1. The number of phenols is 1. The lowest BCUT2D eigenvalue weighted by atomic mass is 9.96. The normalized spacial score (nSPS) is 15.5. The monoisotopic (exact) mass is 511 g/mol. The van der Waals surface area contributed by atoms with Crippen LogP contribution in [-0.4, -0.2) is 33.4 Å². The molecule has 4 rings (SSSR count). The number of allylic oxidation sites excluding steroid dienone is 1. The second-order valence-corrected chi connectivity index (χ2v) is 9.44. The first kappa shape index (κ1) is 24.4. The minimum Gasteiger partial charge on any atom is -0.502 e. The van der Waals surface area contributed by atoms with Gasteiger partial charge < -0.3 is 9.84 Å². The fourth-order valence-corrected chi connectivity index (χ4v) is 5.29. The smallest absolute Gasteiger partial charge is 0.338 e. The van der Waals surface area contributed by atoms with Crippen LogP contribution in [0.25, 0.3) is 6.08 Å². The molecule has 3 aromatic rings. The van der Waals surface area contributed by atoms with Crippen LogP contribution in [0.5, 0.6) is 5.75 Å². The SMILES string of the molecule is CCOC(=O)C1=C(C)N=c2sc(=Cc3cccc([N+](=O)[O-])c3O)c(=O)n2[C@@H]1c1ccc(SC)cc1. The molecule has 0 spiro atoms. The summed E-state index contributed by atoms with van der Waals surface area (Å²) < 4.78 is 6.92. The second kappa shape index (κ2) is 9.88. The summed E-state index contributed by atoms with van der Waals surface area (Å²) in [7, 11) is 0. The van der Waals surface area contributed by atoms with E-state index in [-0.39, 0.29) is 22.3 Å². The molecule has 9 nitrogen and oxygen atoms in total. The molecule has 180 valence electrons. The third kappa shape index (κ3) is 4.52. The van der Waals surface area contributed by atoms with E-state index in [2.05, 4.69) is 4.99 Å². The van der Waals surface area contributed by atoms with Gasteiger partial charge in [-0.3, -0.25) is 19.5 Å². The van der Waals surface area contributed by atoms with E-state index in [1.165, 1.54) is 28.8 Å². The van der Waals surface area contributed by atoms with Crippen LogP contribution in [-0.2, 0) is 9.53 Å². The minimum atomic E-state index is -0.762. The van der Waals surface area contributed by atoms with Crippen molar-refractivity contribution in [1.29, 1.82) is 0 Å². The highest BCUT2D eigenvalue weighted by Crippen LogP contribution is 2.32. The van der Waals surface area contributed by atoms with Crippen LogP contribution >= 0.6 is 23.1 Å². The van der Waals surface area contributed by atoms with Gasteiger partial charge in [0.1, 0.15) is 0 Å². The first-order valence-corrected chi connectivity index (χ1v) is 12.6. The number of aromatic hydroxyl groups is 1. The largest absolute Gasteiger partial charge is 0.502 e. The lowest BCUT2D eigenvalue weighted by Crippen LogP contribution is -2.39. The second-order valence-electron chi connectivity index (χ2n) is 7.55. The standard InChI is InChI=1S/C24H21N3O6S2/c1-4-33-23(30)19-13(2)25-24-26(20(19)14-8-10-16(34-3)11-9-14)22(29)18(35-24)12-15-6-5-7-17(21(15)28)27(31)32/h5-12,20,28H,4H2,1-3H3/t20-/m1/s1. The first-order chi connectivity index (χ1) is 16.8. The van der Waals surface area contributed by atoms with E-state index in [1.54, 1.807) is 25.6 Å². The summed E-state index contributed by atoms with van der Waals surface area (Å²) in [6.45, 7) is 3.57. The highest BCUT2D eigenvalue weighted by atomic mass is 32.2. The Morgan fingerprint density at radius 2 is 2.03 bits per heavy atom. The molecular formula is C24H21N3O6S2. The third-order valence-electron chi connectivity index (χ3n) is 5.48. The predicted octanol–water partition coefficient (Wildman–Crippen LogP) is 3.13. The van der Waals surface area contributed by atoms with Crippen LogP contribution in [0, 0.1) is 10.1 Å². The van der Waals surface area contributed by atoms with E-state index in [0.29, 0.717) is 16.1 Å². The molecule has 0 saturated carbocycles. The van der Waals surface area contributed by atoms with Crippen molar-refractivity contribution in [2.75, 3.05) is 12.9 Å². The van der Waals surface area contributed by atoms with Crippen molar-refractivity contribution in [2.24, 2.45) is 4.99 Å². The average molecular weight is 512 g/mol. The number of hydrogen-bond acceptors (Lipinski definition) is 9. The van der Waals surface area contributed by atoms with Gasteiger partial charge in [0.05, 0.1) is 33.4 Å². The molecular weight excluding hydrogens is 490 g/mol. The lowest BCUT2D eigenvalue weighted by Gasteiger charge is -2.24. The quantitative estimate of drug-likeness (QED) is 0.233. The number of fused-ring (bicyclic) bond motifs is 1. The summed E-state index contributed by atoms with van der Waals surface area (Å²) in [4.78, 5) is 42.9. The molecule has 1 atom stereocenters. The number of phenolic OH excluding ortho intramolecular Hbond substituents is 1. The zero-order valence-corrected chi connectivity index (χ0v) is 20.7. The van der Waals surface area contributed by atoms with Crippen molar-refractivity contribution in [2.45, 2.75) is 24.8 Å². The molecule has 11 heteroatoms. The highest BCUT2D eigenvalue weighted by Gasteiger charge is 2.33. The van der Waals surface area contributed by atoms with E-state index in [1.807, 2.05) is 30.5 Å². The number of aromatic nitrogens is 1. The summed E-state index contributed by atoms with van der Waals surface area (Å²) in [5.41, 5.74) is 0.651. The van der Waals surface area contributed by atoms with Gasteiger partial charge in [-0.1, -0.05) is 35.6 Å². The van der Waals surface area contributed by atoms with Crippen LogP contribution in [0.2, 0.25) is 0 Å². The number of para-hydroxylation sites is 1. The third-order valence-corrected chi connectivity index (χ3v) is 7.20. The van der Waals surface area contributed by atoms with Crippen molar-refractivity contribution in [1.82, 2.24) is 4.57 Å². The summed E-state index contributed by atoms with van der Waals surface area (Å²) in [6.07, 6.45) is 3.35. The number of thioether (sulfide) groups is 1. The molecule has 2 heterocycles. The Labute approximate surface area is 207 Å². The molecule has 0 bridgehead atoms. The van der Waals surface area contributed by atoms with Gasteiger partial charge in [-0.2, -0.15) is 0 Å². The van der Waals surface area contributed by atoms with E-state index in [0.717, 1.165) is 16.2 Å².